The Balaban J connectivity index is 0.000000143. The topological polar surface area (TPSA) is 126 Å². The molecule has 4 heterocycles. The zero-order valence-corrected chi connectivity index (χ0v) is 45.1. The lowest BCUT2D eigenvalue weighted by Crippen LogP contribution is -2.29. The number of imidazole rings is 1. The van der Waals surface area contributed by atoms with E-state index in [9.17, 15) is 14.7 Å². The number of hydrogen-bond acceptors (Lipinski definition) is 9. The average molecular weight is 1170 g/mol. The molecule has 10 rings (SSSR count). The number of fused-ring (bicyclic) bond motifs is 3. The summed E-state index contributed by atoms with van der Waals surface area (Å²) in [7, 11) is 2.14. The van der Waals surface area contributed by atoms with E-state index in [1.807, 2.05) is 86.0 Å². The Bertz CT molecular complexity index is 3400. The van der Waals surface area contributed by atoms with Gasteiger partial charge in [0.1, 0.15) is 33.6 Å². The van der Waals surface area contributed by atoms with Crippen LogP contribution < -0.4 is 10.3 Å². The number of carbonyl (C=O) groups is 1. The first-order valence-corrected chi connectivity index (χ1v) is 26.6. The molecule has 1 aliphatic rings. The van der Waals surface area contributed by atoms with E-state index in [-0.39, 0.29) is 23.1 Å². The molecule has 0 saturated carbocycles. The number of phenolic OH excluding ortho intramolecular Hbond substituents is 1. The zero-order chi connectivity index (χ0) is 49.6. The number of aromatic hydroxyl groups is 1. The van der Waals surface area contributed by atoms with Crippen molar-refractivity contribution in [3.8, 4) is 17.2 Å². The monoisotopic (exact) mass is 1160 g/mol. The van der Waals surface area contributed by atoms with Gasteiger partial charge in [0.05, 0.1) is 52.7 Å². The molecule has 1 fully saturated rings. The number of phenols is 1. The number of ether oxygens (including phenoxy) is 1. The molecule has 360 valence electrons. The van der Waals surface area contributed by atoms with Crippen molar-refractivity contribution >= 4 is 129 Å². The van der Waals surface area contributed by atoms with Crippen molar-refractivity contribution in [3.63, 3.8) is 0 Å². The van der Waals surface area contributed by atoms with Crippen LogP contribution in [0.1, 0.15) is 65.2 Å². The van der Waals surface area contributed by atoms with Crippen molar-refractivity contribution in [1.82, 2.24) is 24.6 Å². The third kappa shape index (κ3) is 11.7. The lowest BCUT2D eigenvalue weighted by Gasteiger charge is -2.19. The number of aryl methyl sites for hydroxylation is 1. The highest BCUT2D eigenvalue weighted by Gasteiger charge is 2.24. The van der Waals surface area contributed by atoms with Crippen LogP contribution in [0.4, 0.5) is 0 Å². The molecule has 0 radical (unpaired) electrons. The summed E-state index contributed by atoms with van der Waals surface area (Å²) < 4.78 is 14.2. The molecule has 6 aromatic carbocycles. The van der Waals surface area contributed by atoms with Crippen molar-refractivity contribution in [2.45, 2.75) is 50.2 Å². The molecular formula is C53H45Br2Cl4N5O5S. The molecular weight excluding hydrogens is 1120 g/mol. The molecule has 17 heteroatoms. The molecule has 10 nitrogen and oxygen atoms in total. The number of hydrogen-bond donors (Lipinski definition) is 2. The van der Waals surface area contributed by atoms with Crippen LogP contribution in [0.5, 0.6) is 17.2 Å². The molecule has 9 aromatic rings. The third-order valence-electron chi connectivity index (χ3n) is 11.8. The predicted octanol–water partition coefficient (Wildman–Crippen LogP) is 15.8. The van der Waals surface area contributed by atoms with Gasteiger partial charge in [0.25, 0.3) is 5.56 Å². The molecule has 1 atom stereocenters. The van der Waals surface area contributed by atoms with Gasteiger partial charge in [-0.3, -0.25) is 9.59 Å². The Hall–Kier alpha value is -4.83. The van der Waals surface area contributed by atoms with Gasteiger partial charge in [0.2, 0.25) is 0 Å². The minimum atomic E-state index is -0.122. The fraction of sp³-hybridized carbons (Fsp3) is 0.208. The predicted molar refractivity (Wildman–Crippen MR) is 293 cm³/mol. The number of para-hydroxylation sites is 1. The van der Waals surface area contributed by atoms with E-state index >= 15 is 0 Å². The van der Waals surface area contributed by atoms with Crippen molar-refractivity contribution in [1.29, 1.82) is 0 Å². The van der Waals surface area contributed by atoms with Gasteiger partial charge in [0, 0.05) is 40.3 Å². The van der Waals surface area contributed by atoms with Crippen molar-refractivity contribution < 1.29 is 19.1 Å². The van der Waals surface area contributed by atoms with E-state index in [1.165, 1.54) is 11.8 Å². The van der Waals surface area contributed by atoms with Crippen LogP contribution in [0, 0.1) is 0 Å². The summed E-state index contributed by atoms with van der Waals surface area (Å²) in [6.45, 7) is 4.03. The molecule has 3 aromatic heterocycles. The number of furan rings is 1. The maximum Gasteiger partial charge on any atom is 0.274 e. The summed E-state index contributed by atoms with van der Waals surface area (Å²) in [6.07, 6.45) is 6.32. The van der Waals surface area contributed by atoms with Gasteiger partial charge >= 0.3 is 0 Å². The number of ketones is 1. The van der Waals surface area contributed by atoms with Crippen molar-refractivity contribution in [3.05, 3.63) is 183 Å². The second-order valence-electron chi connectivity index (χ2n) is 16.5. The number of rotatable bonds is 9. The number of H-pyrrole nitrogens is 1. The van der Waals surface area contributed by atoms with Gasteiger partial charge in [-0.2, -0.15) is 5.10 Å². The maximum absolute atomic E-state index is 13.1. The van der Waals surface area contributed by atoms with Crippen LogP contribution in [0.3, 0.4) is 0 Å². The Labute approximate surface area is 445 Å². The van der Waals surface area contributed by atoms with Crippen LogP contribution in [-0.4, -0.2) is 61.9 Å². The molecule has 70 heavy (non-hydrogen) atoms. The number of benzene rings is 6. The van der Waals surface area contributed by atoms with Crippen LogP contribution in [-0.2, 0) is 12.8 Å². The lowest BCUT2D eigenvalue weighted by molar-refractivity contribution is 0.103. The molecule has 1 unspecified atom stereocenters. The van der Waals surface area contributed by atoms with Gasteiger partial charge in [-0.05, 0) is 138 Å². The average Bonchev–Trinajstić information content (AvgIpc) is 3.88. The summed E-state index contributed by atoms with van der Waals surface area (Å²) in [5.41, 5.74) is 5.53. The Morgan fingerprint density at radius 2 is 1.56 bits per heavy atom. The molecule has 0 aliphatic carbocycles. The Morgan fingerprint density at radius 3 is 2.27 bits per heavy atom. The number of thioether (sulfide) groups is 1. The molecule has 2 N–H and O–H groups in total. The number of aromatic amines is 1. The first kappa shape index (κ1) is 51.5. The summed E-state index contributed by atoms with van der Waals surface area (Å²) in [5.74, 6) is 1.55. The van der Waals surface area contributed by atoms with Crippen LogP contribution in [0.15, 0.2) is 139 Å². The van der Waals surface area contributed by atoms with E-state index in [0.29, 0.717) is 70.8 Å². The van der Waals surface area contributed by atoms with Crippen molar-refractivity contribution in [2.24, 2.45) is 0 Å². The van der Waals surface area contributed by atoms with E-state index in [0.717, 1.165) is 81.0 Å². The van der Waals surface area contributed by atoms with Crippen molar-refractivity contribution in [2.75, 3.05) is 26.4 Å². The number of nitrogens with one attached hydrogen (secondary N) is 1. The highest BCUT2D eigenvalue weighted by Crippen LogP contribution is 2.39. The van der Waals surface area contributed by atoms with E-state index in [1.54, 1.807) is 47.1 Å². The summed E-state index contributed by atoms with van der Waals surface area (Å²) in [6, 6.07) is 35.3. The fourth-order valence-corrected chi connectivity index (χ4v) is 10.4. The first-order chi connectivity index (χ1) is 33.7. The van der Waals surface area contributed by atoms with E-state index in [4.69, 9.17) is 60.7 Å². The fourth-order valence-electron chi connectivity index (χ4n) is 8.19. The molecule has 1 saturated heterocycles. The number of halogens is 6. The second kappa shape index (κ2) is 23.2. The van der Waals surface area contributed by atoms with Crippen LogP contribution in [0.2, 0.25) is 20.1 Å². The zero-order valence-electron chi connectivity index (χ0n) is 38.0. The maximum atomic E-state index is 13.1. The van der Waals surface area contributed by atoms with Gasteiger partial charge in [-0.15, -0.1) is 0 Å². The highest BCUT2D eigenvalue weighted by molar-refractivity contribution is 9.11. The number of aromatic nitrogens is 4. The standard InChI is InChI=1S/C22H24ClN3O.C17H12Br2O3.C14H9Cl3N2OS/c1-25-13-4-5-18(12-14-25)26-22(27)20-7-3-2-6-19(20)21(24-26)15-16-8-10-17(23)11-9-16;1-2-13-15(10-5-3-4-6-14(10)22-13)16(20)9-7-11(18)17(21)12(19)8-9;1-21-14-18-9-5-8(16)12(6-10(9)19-14)20-11-4-2-3-7(15)13(11)17/h2-3,6-11,18H,4-5,12-15H2,1H3;3-8,21H,2H2,1H3;2-6H,1H3,(H,18,19). The van der Waals surface area contributed by atoms with Crippen LogP contribution >= 0.6 is 90.0 Å². The molecule has 0 spiro atoms. The Morgan fingerprint density at radius 1 is 0.857 bits per heavy atom. The lowest BCUT2D eigenvalue weighted by atomic mass is 9.99. The number of carbonyl (C=O) groups excluding carboxylic acids is 1. The van der Waals surface area contributed by atoms with Gasteiger partial charge in [-0.1, -0.05) is 120 Å². The van der Waals surface area contributed by atoms with Gasteiger partial charge in [-0.25, -0.2) is 9.67 Å². The number of likely N-dealkylation sites (tertiary alicyclic amines) is 1. The normalized spacial score (nSPS) is 13.9. The minimum absolute atomic E-state index is 0.0278. The molecule has 0 amide bonds. The summed E-state index contributed by atoms with van der Waals surface area (Å²) >= 11 is 32.4. The summed E-state index contributed by atoms with van der Waals surface area (Å²) in [4.78, 5) is 36.0. The number of nitrogens with zero attached hydrogens (tertiary/aromatic N) is 4. The summed E-state index contributed by atoms with van der Waals surface area (Å²) in [5, 5.41) is 20.0. The third-order valence-corrected chi connectivity index (χ3v) is 14.9. The van der Waals surface area contributed by atoms with Gasteiger partial charge in [0.15, 0.2) is 10.9 Å². The van der Waals surface area contributed by atoms with Crippen LogP contribution in [0.25, 0.3) is 32.8 Å². The largest absolute Gasteiger partial charge is 0.506 e. The van der Waals surface area contributed by atoms with E-state index < -0.39 is 0 Å². The SMILES string of the molecule is CCc1oc2ccccc2c1C(=O)c1cc(Br)c(O)c(Br)c1.CN1CCCC(n2nc(Cc3ccc(Cl)cc3)c3ccccc3c2=O)CC1.CSc1nc2cc(Oc3cccc(Cl)c3Cl)c(Cl)cc2[nH]1. The van der Waals surface area contributed by atoms with Gasteiger partial charge < -0.3 is 24.1 Å². The second-order valence-corrected chi connectivity index (χ2v) is 20.6. The highest BCUT2D eigenvalue weighted by atomic mass is 79.9. The van der Waals surface area contributed by atoms with E-state index in [2.05, 4.69) is 53.8 Å². The quantitative estimate of drug-likeness (QED) is 0.107. The molecule has 1 aliphatic heterocycles. The molecule has 0 bridgehead atoms. The smallest absolute Gasteiger partial charge is 0.274 e. The minimum Gasteiger partial charge on any atom is -0.506 e. The first-order valence-electron chi connectivity index (χ1n) is 22.2. The Kier molecular flexibility index (Phi) is 17.0.